The summed E-state index contributed by atoms with van der Waals surface area (Å²) in [6.07, 6.45) is 5.70. The van der Waals surface area contributed by atoms with Gasteiger partial charge in [0, 0.05) is 6.61 Å². The number of rotatable bonds is 9. The number of aliphatic hydroxyl groups is 1. The van der Waals surface area contributed by atoms with Crippen LogP contribution in [0.5, 0.6) is 5.75 Å². The summed E-state index contributed by atoms with van der Waals surface area (Å²) >= 11 is 0. The highest BCUT2D eigenvalue weighted by Crippen LogP contribution is 2.17. The Hall–Kier alpha value is -1.02. The van der Waals surface area contributed by atoms with E-state index >= 15 is 0 Å². The summed E-state index contributed by atoms with van der Waals surface area (Å²) in [7, 11) is 0. The van der Waals surface area contributed by atoms with Gasteiger partial charge in [0.2, 0.25) is 0 Å². The van der Waals surface area contributed by atoms with Gasteiger partial charge >= 0.3 is 0 Å². The SMILES string of the molecule is CCCCC(CC)COc1ccc(CCO)cc1. The Balaban J connectivity index is 2.37. The van der Waals surface area contributed by atoms with Gasteiger partial charge in [-0.3, -0.25) is 0 Å². The van der Waals surface area contributed by atoms with Gasteiger partial charge < -0.3 is 9.84 Å². The van der Waals surface area contributed by atoms with Crippen molar-refractivity contribution in [1.82, 2.24) is 0 Å². The van der Waals surface area contributed by atoms with Gasteiger partial charge in [0.1, 0.15) is 5.75 Å². The van der Waals surface area contributed by atoms with E-state index in [1.54, 1.807) is 0 Å². The second kappa shape index (κ2) is 8.98. The van der Waals surface area contributed by atoms with E-state index in [0.717, 1.165) is 17.9 Å². The van der Waals surface area contributed by atoms with Crippen LogP contribution in [0.3, 0.4) is 0 Å². The zero-order valence-electron chi connectivity index (χ0n) is 11.7. The van der Waals surface area contributed by atoms with Crippen LogP contribution in [0, 0.1) is 5.92 Å². The first-order valence-electron chi connectivity index (χ1n) is 7.12. The molecule has 0 spiro atoms. The van der Waals surface area contributed by atoms with Crippen LogP contribution in [0.2, 0.25) is 0 Å². The standard InChI is InChI=1S/C16H26O2/c1-3-5-6-14(4-2)13-18-16-9-7-15(8-10-16)11-12-17/h7-10,14,17H,3-6,11-13H2,1-2H3. The summed E-state index contributed by atoms with van der Waals surface area (Å²) in [5.74, 6) is 1.61. The summed E-state index contributed by atoms with van der Waals surface area (Å²) in [5.41, 5.74) is 1.16. The first-order chi connectivity index (χ1) is 8.80. The maximum Gasteiger partial charge on any atom is 0.119 e. The lowest BCUT2D eigenvalue weighted by Gasteiger charge is -2.15. The summed E-state index contributed by atoms with van der Waals surface area (Å²) in [6, 6.07) is 8.05. The highest BCUT2D eigenvalue weighted by Gasteiger charge is 2.06. The largest absolute Gasteiger partial charge is 0.493 e. The van der Waals surface area contributed by atoms with Crippen molar-refractivity contribution in [2.24, 2.45) is 5.92 Å². The molecule has 2 heteroatoms. The van der Waals surface area contributed by atoms with Crippen LogP contribution in [0.15, 0.2) is 24.3 Å². The Morgan fingerprint density at radius 1 is 1.17 bits per heavy atom. The highest BCUT2D eigenvalue weighted by atomic mass is 16.5. The Morgan fingerprint density at radius 2 is 1.89 bits per heavy atom. The molecule has 18 heavy (non-hydrogen) atoms. The van der Waals surface area contributed by atoms with Gasteiger partial charge in [0.15, 0.2) is 0 Å². The third-order valence-electron chi connectivity index (χ3n) is 3.35. The van der Waals surface area contributed by atoms with Crippen LogP contribution in [-0.4, -0.2) is 18.3 Å². The third-order valence-corrected chi connectivity index (χ3v) is 3.35. The number of hydrogen-bond donors (Lipinski definition) is 1. The number of aliphatic hydroxyl groups excluding tert-OH is 1. The second-order valence-corrected chi connectivity index (χ2v) is 4.85. The van der Waals surface area contributed by atoms with Crippen molar-refractivity contribution in [2.75, 3.05) is 13.2 Å². The van der Waals surface area contributed by atoms with E-state index in [0.29, 0.717) is 12.3 Å². The van der Waals surface area contributed by atoms with E-state index in [4.69, 9.17) is 9.84 Å². The average Bonchev–Trinajstić information content (AvgIpc) is 2.41. The molecule has 0 aliphatic carbocycles. The van der Waals surface area contributed by atoms with Crippen LogP contribution in [0.25, 0.3) is 0 Å². The topological polar surface area (TPSA) is 29.5 Å². The molecule has 1 unspecified atom stereocenters. The van der Waals surface area contributed by atoms with Gasteiger partial charge in [-0.2, -0.15) is 0 Å². The zero-order chi connectivity index (χ0) is 13.2. The normalized spacial score (nSPS) is 12.4. The van der Waals surface area contributed by atoms with Crippen LogP contribution in [0.1, 0.15) is 45.1 Å². The predicted octanol–water partition coefficient (Wildman–Crippen LogP) is 3.82. The van der Waals surface area contributed by atoms with Gasteiger partial charge in [-0.05, 0) is 36.5 Å². The van der Waals surface area contributed by atoms with Gasteiger partial charge in [-0.1, -0.05) is 45.2 Å². The molecule has 1 aromatic rings. The molecule has 1 aromatic carbocycles. The molecule has 0 saturated heterocycles. The molecule has 1 N–H and O–H groups in total. The first kappa shape index (κ1) is 15.0. The minimum atomic E-state index is 0.204. The second-order valence-electron chi connectivity index (χ2n) is 4.85. The fourth-order valence-corrected chi connectivity index (χ4v) is 1.99. The zero-order valence-corrected chi connectivity index (χ0v) is 11.7. The summed E-state index contributed by atoms with van der Waals surface area (Å²) < 4.78 is 5.83. The van der Waals surface area contributed by atoms with Crippen molar-refractivity contribution in [3.05, 3.63) is 29.8 Å². The molecular weight excluding hydrogens is 224 g/mol. The van der Waals surface area contributed by atoms with Crippen LogP contribution in [-0.2, 0) is 6.42 Å². The number of ether oxygens (including phenoxy) is 1. The Kier molecular flexibility index (Phi) is 7.51. The van der Waals surface area contributed by atoms with Crippen molar-refractivity contribution >= 4 is 0 Å². The first-order valence-corrected chi connectivity index (χ1v) is 7.12. The minimum Gasteiger partial charge on any atom is -0.493 e. The lowest BCUT2D eigenvalue weighted by atomic mass is 10.0. The van der Waals surface area contributed by atoms with E-state index in [1.807, 2.05) is 24.3 Å². The number of hydrogen-bond acceptors (Lipinski definition) is 2. The average molecular weight is 250 g/mol. The fraction of sp³-hybridized carbons (Fsp3) is 0.625. The van der Waals surface area contributed by atoms with Crippen molar-refractivity contribution < 1.29 is 9.84 Å². The molecular formula is C16H26O2. The molecule has 1 atom stereocenters. The van der Waals surface area contributed by atoms with Crippen molar-refractivity contribution in [3.8, 4) is 5.75 Å². The molecule has 0 heterocycles. The van der Waals surface area contributed by atoms with Gasteiger partial charge in [0.25, 0.3) is 0 Å². The highest BCUT2D eigenvalue weighted by molar-refractivity contribution is 5.27. The Morgan fingerprint density at radius 3 is 2.44 bits per heavy atom. The lowest BCUT2D eigenvalue weighted by molar-refractivity contribution is 0.233. The molecule has 0 saturated carbocycles. The van der Waals surface area contributed by atoms with E-state index in [-0.39, 0.29) is 6.61 Å². The van der Waals surface area contributed by atoms with Gasteiger partial charge in [-0.15, -0.1) is 0 Å². The summed E-state index contributed by atoms with van der Waals surface area (Å²) in [6.45, 7) is 5.48. The van der Waals surface area contributed by atoms with Crippen molar-refractivity contribution in [1.29, 1.82) is 0 Å². The summed E-state index contributed by atoms with van der Waals surface area (Å²) in [4.78, 5) is 0. The van der Waals surface area contributed by atoms with Crippen molar-refractivity contribution in [3.63, 3.8) is 0 Å². The molecule has 0 aromatic heterocycles. The minimum absolute atomic E-state index is 0.204. The monoisotopic (exact) mass is 250 g/mol. The van der Waals surface area contributed by atoms with E-state index in [1.165, 1.54) is 25.7 Å². The van der Waals surface area contributed by atoms with Gasteiger partial charge in [0.05, 0.1) is 6.61 Å². The van der Waals surface area contributed by atoms with E-state index in [9.17, 15) is 0 Å². The predicted molar refractivity (Wildman–Crippen MR) is 76.0 cm³/mol. The van der Waals surface area contributed by atoms with Crippen LogP contribution >= 0.6 is 0 Å². The Bertz CT molecular complexity index is 305. The fourth-order valence-electron chi connectivity index (χ4n) is 1.99. The molecule has 0 radical (unpaired) electrons. The molecule has 0 aliphatic rings. The quantitative estimate of drug-likeness (QED) is 0.722. The van der Waals surface area contributed by atoms with Crippen LogP contribution < -0.4 is 4.74 Å². The molecule has 0 amide bonds. The molecule has 0 aliphatic heterocycles. The molecule has 102 valence electrons. The summed E-state index contributed by atoms with van der Waals surface area (Å²) in [5, 5.41) is 8.85. The van der Waals surface area contributed by atoms with Gasteiger partial charge in [-0.25, -0.2) is 0 Å². The molecule has 1 rings (SSSR count). The smallest absolute Gasteiger partial charge is 0.119 e. The van der Waals surface area contributed by atoms with Crippen molar-refractivity contribution in [2.45, 2.75) is 46.0 Å². The molecule has 2 nitrogen and oxygen atoms in total. The maximum atomic E-state index is 8.85. The lowest BCUT2D eigenvalue weighted by Crippen LogP contribution is -2.11. The van der Waals surface area contributed by atoms with Crippen LogP contribution in [0.4, 0.5) is 0 Å². The Labute approximate surface area is 111 Å². The number of benzene rings is 1. The molecule has 0 fully saturated rings. The van der Waals surface area contributed by atoms with E-state index < -0.39 is 0 Å². The van der Waals surface area contributed by atoms with E-state index in [2.05, 4.69) is 13.8 Å². The molecule has 0 bridgehead atoms. The third kappa shape index (κ3) is 5.54. The maximum absolute atomic E-state index is 8.85. The number of unbranched alkanes of at least 4 members (excludes halogenated alkanes) is 1.